The van der Waals surface area contributed by atoms with E-state index >= 15 is 0 Å². The van der Waals surface area contributed by atoms with Crippen molar-refractivity contribution in [2.75, 3.05) is 11.1 Å². The summed E-state index contributed by atoms with van der Waals surface area (Å²) in [6, 6.07) is 8.11. The number of halogens is 2. The number of tetrazole rings is 1. The monoisotopic (exact) mass is 403 g/mol. The van der Waals surface area contributed by atoms with Gasteiger partial charge in [0, 0.05) is 16.1 Å². The third-order valence-electron chi connectivity index (χ3n) is 3.78. The van der Waals surface area contributed by atoms with Gasteiger partial charge in [0.1, 0.15) is 17.3 Å². The van der Waals surface area contributed by atoms with E-state index in [0.29, 0.717) is 11.5 Å². The molecule has 10 heteroatoms. The molecule has 1 amide bonds. The van der Waals surface area contributed by atoms with Gasteiger partial charge in [0.15, 0.2) is 11.6 Å². The minimum absolute atomic E-state index is 0.0625. The Kier molecular flexibility index (Phi) is 5.78. The lowest BCUT2D eigenvalue weighted by Crippen LogP contribution is -2.15. The molecule has 0 unspecified atom stereocenters. The van der Waals surface area contributed by atoms with Crippen LogP contribution in [-0.4, -0.2) is 37.7 Å². The zero-order chi connectivity index (χ0) is 20.3. The van der Waals surface area contributed by atoms with Gasteiger partial charge in [0.2, 0.25) is 5.91 Å². The molecular formula is C18H15F2N5O2S. The Labute approximate surface area is 163 Å². The lowest BCUT2D eigenvalue weighted by atomic mass is 10.1. The number of nitrogens with zero attached hydrogens (tertiary/aromatic N) is 4. The van der Waals surface area contributed by atoms with Crippen LogP contribution >= 0.6 is 11.8 Å². The van der Waals surface area contributed by atoms with Gasteiger partial charge in [-0.2, -0.15) is 4.68 Å². The molecule has 0 spiro atoms. The lowest BCUT2D eigenvalue weighted by Gasteiger charge is -2.09. The summed E-state index contributed by atoms with van der Waals surface area (Å²) in [7, 11) is 0. The van der Waals surface area contributed by atoms with Gasteiger partial charge in [-0.1, -0.05) is 6.07 Å². The summed E-state index contributed by atoms with van der Waals surface area (Å²) in [6.07, 6.45) is 0. The Morgan fingerprint density at radius 1 is 1.14 bits per heavy atom. The van der Waals surface area contributed by atoms with Gasteiger partial charge in [0.05, 0.1) is 5.75 Å². The fourth-order valence-electron chi connectivity index (χ4n) is 2.38. The summed E-state index contributed by atoms with van der Waals surface area (Å²) in [5.41, 5.74) is 0.714. The van der Waals surface area contributed by atoms with Gasteiger partial charge in [-0.25, -0.2) is 8.78 Å². The number of ketones is 1. The molecule has 2 aromatic carbocycles. The molecule has 7 nitrogen and oxygen atoms in total. The van der Waals surface area contributed by atoms with Crippen LogP contribution in [0, 0.1) is 18.6 Å². The third-order valence-corrected chi connectivity index (χ3v) is 4.83. The fourth-order valence-corrected chi connectivity index (χ4v) is 3.10. The molecule has 0 saturated heterocycles. The first kappa shape index (κ1) is 19.6. The number of aryl methyl sites for hydroxylation is 1. The number of rotatable bonds is 6. The van der Waals surface area contributed by atoms with Crippen molar-refractivity contribution in [3.8, 4) is 5.69 Å². The highest BCUT2D eigenvalue weighted by molar-refractivity contribution is 8.00. The SMILES string of the molecule is CC(=O)c1ccc(SCC(=O)Nc2ccc(F)c(-n3nnnc3C)c2)c(F)c1. The van der Waals surface area contributed by atoms with Crippen molar-refractivity contribution in [3.05, 3.63) is 59.4 Å². The average Bonchev–Trinajstić information content (AvgIpc) is 3.08. The molecule has 0 aliphatic carbocycles. The first-order valence-electron chi connectivity index (χ1n) is 8.13. The molecular weight excluding hydrogens is 388 g/mol. The summed E-state index contributed by atoms with van der Waals surface area (Å²) < 4.78 is 29.3. The van der Waals surface area contributed by atoms with E-state index in [4.69, 9.17) is 0 Å². The number of carbonyl (C=O) groups is 2. The Morgan fingerprint density at radius 2 is 1.93 bits per heavy atom. The highest BCUT2D eigenvalue weighted by atomic mass is 32.2. The van der Waals surface area contributed by atoms with Gasteiger partial charge in [-0.05, 0) is 54.6 Å². The van der Waals surface area contributed by atoms with Gasteiger partial charge in [-0.15, -0.1) is 16.9 Å². The Morgan fingerprint density at radius 3 is 2.57 bits per heavy atom. The Hall–Kier alpha value is -3.14. The maximum absolute atomic E-state index is 14.1. The fraction of sp³-hybridized carbons (Fsp3) is 0.167. The molecule has 0 radical (unpaired) electrons. The van der Waals surface area contributed by atoms with Gasteiger partial charge in [-0.3, -0.25) is 9.59 Å². The van der Waals surface area contributed by atoms with Crippen LogP contribution in [0.4, 0.5) is 14.5 Å². The maximum atomic E-state index is 14.1. The number of amides is 1. The number of carbonyl (C=O) groups excluding carboxylic acids is 2. The summed E-state index contributed by atoms with van der Waals surface area (Å²) in [5.74, 6) is -1.42. The molecule has 144 valence electrons. The number of hydrogen-bond donors (Lipinski definition) is 1. The molecule has 0 saturated carbocycles. The van der Waals surface area contributed by atoms with Crippen LogP contribution in [0.2, 0.25) is 0 Å². The standard InChI is InChI=1S/C18H15F2N5O2S/c1-10(26)12-3-6-17(15(20)7-12)28-9-18(27)21-13-4-5-14(19)16(8-13)25-11(2)22-23-24-25/h3-8H,9H2,1-2H3,(H,21,27). The van der Waals surface area contributed by atoms with E-state index in [9.17, 15) is 18.4 Å². The number of thioether (sulfide) groups is 1. The van der Waals surface area contributed by atoms with E-state index < -0.39 is 17.5 Å². The summed E-state index contributed by atoms with van der Waals surface area (Å²) in [5, 5.41) is 13.5. The van der Waals surface area contributed by atoms with Crippen LogP contribution < -0.4 is 5.32 Å². The van der Waals surface area contributed by atoms with Crippen LogP contribution in [0.1, 0.15) is 23.1 Å². The lowest BCUT2D eigenvalue weighted by molar-refractivity contribution is -0.113. The van der Waals surface area contributed by atoms with Crippen molar-refractivity contribution >= 4 is 29.1 Å². The Bertz CT molecular complexity index is 1050. The van der Waals surface area contributed by atoms with E-state index in [2.05, 4.69) is 20.8 Å². The summed E-state index contributed by atoms with van der Waals surface area (Å²) >= 11 is 0.992. The van der Waals surface area contributed by atoms with Gasteiger partial charge in [0.25, 0.3) is 0 Å². The van der Waals surface area contributed by atoms with Crippen LogP contribution in [0.3, 0.4) is 0 Å². The van der Waals surface area contributed by atoms with E-state index in [0.717, 1.165) is 17.8 Å². The predicted octanol–water partition coefficient (Wildman–Crippen LogP) is 3.18. The molecule has 28 heavy (non-hydrogen) atoms. The molecule has 3 aromatic rings. The molecule has 0 bridgehead atoms. The molecule has 1 heterocycles. The second-order valence-electron chi connectivity index (χ2n) is 5.84. The van der Waals surface area contributed by atoms with E-state index in [1.807, 2.05) is 0 Å². The summed E-state index contributed by atoms with van der Waals surface area (Å²) in [6.45, 7) is 2.97. The molecule has 0 fully saturated rings. The van der Waals surface area contributed by atoms with Gasteiger partial charge >= 0.3 is 0 Å². The van der Waals surface area contributed by atoms with Crippen LogP contribution in [-0.2, 0) is 4.79 Å². The number of hydrogen-bond acceptors (Lipinski definition) is 6. The number of nitrogens with one attached hydrogen (secondary N) is 1. The Balaban J connectivity index is 1.67. The van der Waals surface area contributed by atoms with E-state index in [-0.39, 0.29) is 27.7 Å². The summed E-state index contributed by atoms with van der Waals surface area (Å²) in [4.78, 5) is 23.7. The zero-order valence-electron chi connectivity index (χ0n) is 14.9. The quantitative estimate of drug-likeness (QED) is 0.502. The second kappa shape index (κ2) is 8.26. The minimum Gasteiger partial charge on any atom is -0.325 e. The smallest absolute Gasteiger partial charge is 0.234 e. The van der Waals surface area contributed by atoms with Crippen molar-refractivity contribution in [2.45, 2.75) is 18.7 Å². The largest absolute Gasteiger partial charge is 0.325 e. The van der Waals surface area contributed by atoms with E-state index in [1.54, 1.807) is 6.92 Å². The van der Waals surface area contributed by atoms with Crippen molar-refractivity contribution in [1.29, 1.82) is 0 Å². The first-order valence-corrected chi connectivity index (χ1v) is 9.12. The number of anilines is 1. The zero-order valence-corrected chi connectivity index (χ0v) is 15.8. The molecule has 1 N–H and O–H groups in total. The van der Waals surface area contributed by atoms with Crippen molar-refractivity contribution < 1.29 is 18.4 Å². The van der Waals surface area contributed by atoms with Crippen molar-refractivity contribution in [1.82, 2.24) is 20.2 Å². The van der Waals surface area contributed by atoms with Crippen LogP contribution in [0.5, 0.6) is 0 Å². The second-order valence-corrected chi connectivity index (χ2v) is 6.86. The predicted molar refractivity (Wildman–Crippen MR) is 99.6 cm³/mol. The van der Waals surface area contributed by atoms with Crippen LogP contribution in [0.15, 0.2) is 41.3 Å². The maximum Gasteiger partial charge on any atom is 0.234 e. The average molecular weight is 403 g/mol. The number of Topliss-reactive ketones (excluding diaryl/α,β-unsaturated/α-hetero) is 1. The minimum atomic E-state index is -0.566. The highest BCUT2D eigenvalue weighted by Gasteiger charge is 2.13. The molecule has 0 aliphatic rings. The number of aromatic nitrogens is 4. The molecule has 0 aliphatic heterocycles. The molecule has 0 atom stereocenters. The third kappa shape index (κ3) is 4.39. The van der Waals surface area contributed by atoms with E-state index in [1.165, 1.54) is 41.9 Å². The molecule has 1 aromatic heterocycles. The topological polar surface area (TPSA) is 89.8 Å². The normalized spacial score (nSPS) is 10.7. The first-order chi connectivity index (χ1) is 13.3. The molecule has 3 rings (SSSR count). The highest BCUT2D eigenvalue weighted by Crippen LogP contribution is 2.24. The van der Waals surface area contributed by atoms with Crippen molar-refractivity contribution in [2.24, 2.45) is 0 Å². The van der Waals surface area contributed by atoms with Gasteiger partial charge < -0.3 is 5.32 Å². The van der Waals surface area contributed by atoms with Crippen molar-refractivity contribution in [3.63, 3.8) is 0 Å². The number of benzene rings is 2. The van der Waals surface area contributed by atoms with Crippen LogP contribution in [0.25, 0.3) is 5.69 Å².